The van der Waals surface area contributed by atoms with Gasteiger partial charge in [0.25, 0.3) is 0 Å². The molecule has 27 heavy (non-hydrogen) atoms. The van der Waals surface area contributed by atoms with E-state index in [0.29, 0.717) is 30.5 Å². The first kappa shape index (κ1) is 21.0. The predicted molar refractivity (Wildman–Crippen MR) is 107 cm³/mol. The monoisotopic (exact) mass is 381 g/mol. The van der Waals surface area contributed by atoms with E-state index in [9.17, 15) is 4.79 Å². The average molecular weight is 382 g/mol. The number of piperidine rings is 2. The molecule has 0 radical (unpaired) electrons. The lowest BCUT2D eigenvalue weighted by Crippen LogP contribution is -2.54. The maximum absolute atomic E-state index is 11.2. The maximum Gasteiger partial charge on any atom is 0.305 e. The van der Waals surface area contributed by atoms with E-state index in [0.717, 1.165) is 39.2 Å². The van der Waals surface area contributed by atoms with E-state index in [1.54, 1.807) is 0 Å². The SMILES string of the molecule is COC(=O)CCCN1CCC(NC2CCN(CC3CCCO3)CC2C)CC1. The van der Waals surface area contributed by atoms with Gasteiger partial charge in [0, 0.05) is 38.2 Å². The Hall–Kier alpha value is -0.690. The van der Waals surface area contributed by atoms with E-state index in [4.69, 9.17) is 9.47 Å². The van der Waals surface area contributed by atoms with Crippen LogP contribution in [-0.2, 0) is 14.3 Å². The molecule has 0 aromatic heterocycles. The van der Waals surface area contributed by atoms with Crippen molar-refractivity contribution in [1.29, 1.82) is 0 Å². The zero-order valence-electron chi connectivity index (χ0n) is 17.3. The fourth-order valence-electron chi connectivity index (χ4n) is 4.90. The molecule has 0 bridgehead atoms. The first-order valence-corrected chi connectivity index (χ1v) is 11.0. The number of nitrogens with zero attached hydrogens (tertiary/aromatic N) is 2. The van der Waals surface area contributed by atoms with Crippen LogP contribution in [-0.4, -0.2) is 86.9 Å². The smallest absolute Gasteiger partial charge is 0.305 e. The second-order valence-electron chi connectivity index (χ2n) is 8.73. The van der Waals surface area contributed by atoms with Gasteiger partial charge in [0.15, 0.2) is 0 Å². The van der Waals surface area contributed by atoms with Gasteiger partial charge >= 0.3 is 5.97 Å². The van der Waals surface area contributed by atoms with Gasteiger partial charge in [-0.1, -0.05) is 6.92 Å². The first-order chi connectivity index (χ1) is 13.1. The molecule has 6 heteroatoms. The summed E-state index contributed by atoms with van der Waals surface area (Å²) in [6.45, 7) is 10.2. The molecule has 6 nitrogen and oxygen atoms in total. The molecule has 3 saturated heterocycles. The zero-order chi connectivity index (χ0) is 19.1. The van der Waals surface area contributed by atoms with Crippen LogP contribution in [0.3, 0.4) is 0 Å². The summed E-state index contributed by atoms with van der Waals surface area (Å²) in [6.07, 6.45) is 8.10. The number of carbonyl (C=O) groups excluding carboxylic acids is 1. The van der Waals surface area contributed by atoms with Crippen molar-refractivity contribution >= 4 is 5.97 Å². The molecule has 3 fully saturated rings. The van der Waals surface area contributed by atoms with Gasteiger partial charge in [-0.25, -0.2) is 0 Å². The zero-order valence-corrected chi connectivity index (χ0v) is 17.3. The molecule has 3 rings (SSSR count). The van der Waals surface area contributed by atoms with Crippen LogP contribution in [0.25, 0.3) is 0 Å². The van der Waals surface area contributed by atoms with Gasteiger partial charge in [-0.3, -0.25) is 4.79 Å². The topological polar surface area (TPSA) is 54.0 Å². The second kappa shape index (κ2) is 10.7. The molecule has 3 heterocycles. The minimum atomic E-state index is -0.0913. The van der Waals surface area contributed by atoms with E-state index in [1.165, 1.54) is 52.3 Å². The quantitative estimate of drug-likeness (QED) is 0.648. The van der Waals surface area contributed by atoms with Gasteiger partial charge in [0.1, 0.15) is 0 Å². The van der Waals surface area contributed by atoms with Crippen molar-refractivity contribution in [3.63, 3.8) is 0 Å². The van der Waals surface area contributed by atoms with E-state index >= 15 is 0 Å². The van der Waals surface area contributed by atoms with E-state index < -0.39 is 0 Å². The Bertz CT molecular complexity index is 448. The normalized spacial score (nSPS) is 31.3. The standard InChI is InChI=1S/C21H39N3O3/c1-17-15-24(16-19-5-4-14-27-19)13-9-20(17)22-18-7-11-23(12-8-18)10-3-6-21(25)26-2/h17-20,22H,3-16H2,1-2H3. The summed E-state index contributed by atoms with van der Waals surface area (Å²) in [4.78, 5) is 16.3. The summed E-state index contributed by atoms with van der Waals surface area (Å²) >= 11 is 0. The lowest BCUT2D eigenvalue weighted by atomic mass is 9.91. The number of hydrogen-bond donors (Lipinski definition) is 1. The highest BCUT2D eigenvalue weighted by atomic mass is 16.5. The molecule has 0 aliphatic carbocycles. The van der Waals surface area contributed by atoms with Crippen molar-refractivity contribution in [3.8, 4) is 0 Å². The van der Waals surface area contributed by atoms with Gasteiger partial charge in [0.2, 0.25) is 0 Å². The number of carbonyl (C=O) groups is 1. The average Bonchev–Trinajstić information content (AvgIpc) is 3.18. The molecule has 3 aliphatic rings. The third kappa shape index (κ3) is 6.70. The molecule has 3 atom stereocenters. The van der Waals surface area contributed by atoms with Crippen LogP contribution in [0.1, 0.15) is 51.9 Å². The summed E-state index contributed by atoms with van der Waals surface area (Å²) < 4.78 is 10.5. The van der Waals surface area contributed by atoms with Crippen LogP contribution in [0.4, 0.5) is 0 Å². The molecule has 0 aromatic carbocycles. The first-order valence-electron chi connectivity index (χ1n) is 11.0. The lowest BCUT2D eigenvalue weighted by molar-refractivity contribution is -0.140. The van der Waals surface area contributed by atoms with Crippen molar-refractivity contribution in [3.05, 3.63) is 0 Å². The Labute approximate surface area is 164 Å². The van der Waals surface area contributed by atoms with Crippen molar-refractivity contribution in [2.45, 2.75) is 70.1 Å². The molecule has 0 saturated carbocycles. The van der Waals surface area contributed by atoms with Crippen molar-refractivity contribution in [2.24, 2.45) is 5.92 Å². The van der Waals surface area contributed by atoms with Crippen molar-refractivity contribution in [2.75, 3.05) is 53.0 Å². The third-order valence-corrected chi connectivity index (χ3v) is 6.60. The third-order valence-electron chi connectivity index (χ3n) is 6.60. The molecular formula is C21H39N3O3. The van der Waals surface area contributed by atoms with Gasteiger partial charge < -0.3 is 24.6 Å². The Morgan fingerprint density at radius 2 is 1.93 bits per heavy atom. The van der Waals surface area contributed by atoms with Gasteiger partial charge in [-0.15, -0.1) is 0 Å². The molecule has 0 aromatic rings. The fraction of sp³-hybridized carbons (Fsp3) is 0.952. The summed E-state index contributed by atoms with van der Waals surface area (Å²) in [6, 6.07) is 1.31. The lowest BCUT2D eigenvalue weighted by Gasteiger charge is -2.41. The number of nitrogens with one attached hydrogen (secondary N) is 1. The Morgan fingerprint density at radius 1 is 1.15 bits per heavy atom. The fourth-order valence-corrected chi connectivity index (χ4v) is 4.90. The van der Waals surface area contributed by atoms with Crippen LogP contribution in [0.5, 0.6) is 0 Å². The predicted octanol–water partition coefficient (Wildman–Crippen LogP) is 1.88. The largest absolute Gasteiger partial charge is 0.469 e. The number of rotatable bonds is 8. The van der Waals surface area contributed by atoms with Crippen molar-refractivity contribution < 1.29 is 14.3 Å². The number of esters is 1. The molecule has 1 N–H and O–H groups in total. The number of methoxy groups -OCH3 is 1. The molecule has 0 spiro atoms. The second-order valence-corrected chi connectivity index (χ2v) is 8.73. The number of likely N-dealkylation sites (tertiary alicyclic amines) is 2. The number of hydrogen-bond acceptors (Lipinski definition) is 6. The van der Waals surface area contributed by atoms with Crippen molar-refractivity contribution in [1.82, 2.24) is 15.1 Å². The summed E-state index contributed by atoms with van der Waals surface area (Å²) in [5.74, 6) is 0.615. The Morgan fingerprint density at radius 3 is 2.59 bits per heavy atom. The van der Waals surface area contributed by atoms with Gasteiger partial charge in [-0.2, -0.15) is 0 Å². The highest BCUT2D eigenvalue weighted by molar-refractivity contribution is 5.69. The highest BCUT2D eigenvalue weighted by Crippen LogP contribution is 2.22. The minimum Gasteiger partial charge on any atom is -0.469 e. The maximum atomic E-state index is 11.2. The Balaban J connectivity index is 1.30. The minimum absolute atomic E-state index is 0.0913. The van der Waals surface area contributed by atoms with E-state index in [2.05, 4.69) is 22.0 Å². The molecule has 3 unspecified atom stereocenters. The summed E-state index contributed by atoms with van der Waals surface area (Å²) in [7, 11) is 1.47. The van der Waals surface area contributed by atoms with E-state index in [1.807, 2.05) is 0 Å². The van der Waals surface area contributed by atoms with Crippen LogP contribution in [0.15, 0.2) is 0 Å². The summed E-state index contributed by atoms with van der Waals surface area (Å²) in [5, 5.41) is 3.97. The Kier molecular flexibility index (Phi) is 8.37. The molecular weight excluding hydrogens is 342 g/mol. The molecule has 156 valence electrons. The van der Waals surface area contributed by atoms with E-state index in [-0.39, 0.29) is 5.97 Å². The van der Waals surface area contributed by atoms with Crippen LogP contribution in [0.2, 0.25) is 0 Å². The van der Waals surface area contributed by atoms with Gasteiger partial charge in [-0.05, 0) is 70.6 Å². The highest BCUT2D eigenvalue weighted by Gasteiger charge is 2.30. The number of ether oxygens (including phenoxy) is 2. The molecule has 0 amide bonds. The van der Waals surface area contributed by atoms with Crippen LogP contribution >= 0.6 is 0 Å². The van der Waals surface area contributed by atoms with Crippen LogP contribution in [0, 0.1) is 5.92 Å². The van der Waals surface area contributed by atoms with Gasteiger partial charge in [0.05, 0.1) is 13.2 Å². The summed E-state index contributed by atoms with van der Waals surface area (Å²) in [5.41, 5.74) is 0. The van der Waals surface area contributed by atoms with Crippen LogP contribution < -0.4 is 5.32 Å². The molecule has 3 aliphatic heterocycles.